The quantitative estimate of drug-likeness (QED) is 0.368. The first-order valence-electron chi connectivity index (χ1n) is 9.80. The van der Waals surface area contributed by atoms with E-state index in [4.69, 9.17) is 21.7 Å². The van der Waals surface area contributed by atoms with Gasteiger partial charge in [0.2, 0.25) is 0 Å². The maximum Gasteiger partial charge on any atom is 0.199 e. The van der Waals surface area contributed by atoms with Crippen molar-refractivity contribution in [1.29, 1.82) is 0 Å². The van der Waals surface area contributed by atoms with E-state index < -0.39 is 0 Å². The minimum absolute atomic E-state index is 0.0764. The summed E-state index contributed by atoms with van der Waals surface area (Å²) in [6.45, 7) is 3.19. The Bertz CT molecular complexity index is 1150. The van der Waals surface area contributed by atoms with E-state index in [1.54, 1.807) is 10.9 Å². The third-order valence-electron chi connectivity index (χ3n) is 5.08. The van der Waals surface area contributed by atoms with Crippen molar-refractivity contribution >= 4 is 12.2 Å². The third-order valence-corrected chi connectivity index (χ3v) is 5.51. The number of hydrogen-bond donors (Lipinski definition) is 0. The first-order chi connectivity index (χ1) is 14.6. The van der Waals surface area contributed by atoms with Crippen LogP contribution in [0.15, 0.2) is 77.4 Å². The van der Waals surface area contributed by atoms with Crippen molar-refractivity contribution in [3.05, 3.63) is 94.7 Å². The van der Waals surface area contributed by atoms with Crippen LogP contribution in [0.2, 0.25) is 0 Å². The predicted octanol–water partition coefficient (Wildman–Crippen LogP) is 5.51. The molecule has 0 fully saturated rings. The van der Waals surface area contributed by atoms with E-state index in [-0.39, 0.29) is 11.9 Å². The van der Waals surface area contributed by atoms with Gasteiger partial charge in [-0.25, -0.2) is 9.07 Å². The summed E-state index contributed by atoms with van der Waals surface area (Å²) in [6.07, 6.45) is 1.63. The van der Waals surface area contributed by atoms with E-state index in [9.17, 15) is 4.39 Å². The molecule has 0 bridgehead atoms. The van der Waals surface area contributed by atoms with Crippen LogP contribution in [0, 0.1) is 10.6 Å². The highest BCUT2D eigenvalue weighted by molar-refractivity contribution is 7.71. The van der Waals surface area contributed by atoms with E-state index in [2.05, 4.69) is 17.0 Å². The van der Waals surface area contributed by atoms with E-state index in [0.29, 0.717) is 29.6 Å². The van der Waals surface area contributed by atoms with Crippen molar-refractivity contribution in [3.8, 4) is 11.6 Å². The van der Waals surface area contributed by atoms with Gasteiger partial charge in [-0.1, -0.05) is 42.5 Å². The van der Waals surface area contributed by atoms with Crippen molar-refractivity contribution in [2.45, 2.75) is 26.2 Å². The lowest BCUT2D eigenvalue weighted by molar-refractivity contribution is 0.207. The average molecular weight is 423 g/mol. The number of hydrogen-bond acceptors (Lipinski definition) is 4. The van der Waals surface area contributed by atoms with Gasteiger partial charge in [0.25, 0.3) is 0 Å². The smallest absolute Gasteiger partial charge is 0.199 e. The average Bonchev–Trinajstić information content (AvgIpc) is 3.39. The maximum absolute atomic E-state index is 13.5. The molecule has 0 unspecified atom stereocenters. The number of nitrogens with zero attached hydrogens (tertiary/aromatic N) is 4. The fourth-order valence-corrected chi connectivity index (χ4v) is 4.00. The monoisotopic (exact) mass is 422 g/mol. The van der Waals surface area contributed by atoms with Gasteiger partial charge in [0.1, 0.15) is 5.82 Å². The van der Waals surface area contributed by atoms with Crippen LogP contribution in [0.1, 0.15) is 24.1 Å². The minimum atomic E-state index is -0.250. The summed E-state index contributed by atoms with van der Waals surface area (Å²) < 4.78 is 23.4. The lowest BCUT2D eigenvalue weighted by Gasteiger charge is -2.28. The molecule has 0 saturated heterocycles. The van der Waals surface area contributed by atoms with Crippen LogP contribution in [-0.2, 0) is 13.2 Å². The predicted molar refractivity (Wildman–Crippen MR) is 117 cm³/mol. The van der Waals surface area contributed by atoms with Gasteiger partial charge in [0, 0.05) is 6.54 Å². The lowest BCUT2D eigenvalue weighted by atomic mass is 9.98. The molecule has 0 radical (unpaired) electrons. The number of furan rings is 1. The number of halogens is 1. The molecule has 1 atom stereocenters. The topological polar surface area (TPSA) is 39.1 Å². The second kappa shape index (κ2) is 8.77. The standard InChI is InChI=1S/C23H23FN4OS/c1-3-27-22(20-10-7-15-29-20)25-28(23(27)30)16-26(2)21(17-8-5-4-6-9-17)18-11-13-19(24)14-12-18/h4-15,21H,3,16H2,1-2H3/t21-/m0/s1. The Morgan fingerprint density at radius 2 is 1.73 bits per heavy atom. The third kappa shape index (κ3) is 3.99. The molecule has 154 valence electrons. The second-order valence-electron chi connectivity index (χ2n) is 7.09. The Balaban J connectivity index is 1.70. The SMILES string of the molecule is CCn1c(-c2ccco2)nn(CN(C)[C@@H](c2ccccc2)c2ccc(F)cc2)c1=S. The van der Waals surface area contributed by atoms with Gasteiger partial charge in [0.15, 0.2) is 16.4 Å². The van der Waals surface area contributed by atoms with E-state index in [0.717, 1.165) is 11.1 Å². The van der Waals surface area contributed by atoms with Crippen LogP contribution < -0.4 is 0 Å². The highest BCUT2D eigenvalue weighted by atomic mass is 32.1. The van der Waals surface area contributed by atoms with Crippen LogP contribution in [-0.4, -0.2) is 26.3 Å². The van der Waals surface area contributed by atoms with Crippen LogP contribution in [0.3, 0.4) is 0 Å². The van der Waals surface area contributed by atoms with Crippen molar-refractivity contribution in [2.75, 3.05) is 7.05 Å². The molecular weight excluding hydrogens is 399 g/mol. The normalized spacial score (nSPS) is 12.4. The van der Waals surface area contributed by atoms with Gasteiger partial charge in [-0.05, 0) is 61.6 Å². The molecule has 0 aliphatic heterocycles. The molecule has 7 heteroatoms. The molecular formula is C23H23FN4OS. The maximum atomic E-state index is 13.5. The molecule has 2 heterocycles. The lowest BCUT2D eigenvalue weighted by Crippen LogP contribution is -2.28. The summed E-state index contributed by atoms with van der Waals surface area (Å²) in [5, 5.41) is 4.73. The molecule has 4 aromatic rings. The fourth-order valence-electron chi connectivity index (χ4n) is 3.68. The van der Waals surface area contributed by atoms with Crippen molar-refractivity contribution < 1.29 is 8.81 Å². The first kappa shape index (κ1) is 20.3. The van der Waals surface area contributed by atoms with E-state index >= 15 is 0 Å². The second-order valence-corrected chi connectivity index (χ2v) is 7.46. The molecule has 0 spiro atoms. The summed E-state index contributed by atoms with van der Waals surface area (Å²) in [5.74, 6) is 1.14. The zero-order valence-electron chi connectivity index (χ0n) is 16.9. The van der Waals surface area contributed by atoms with Crippen molar-refractivity contribution in [2.24, 2.45) is 0 Å². The minimum Gasteiger partial charge on any atom is -0.461 e. The molecule has 5 nitrogen and oxygen atoms in total. The van der Waals surface area contributed by atoms with E-state index in [1.165, 1.54) is 12.1 Å². The largest absolute Gasteiger partial charge is 0.461 e. The molecule has 4 rings (SSSR count). The summed E-state index contributed by atoms with van der Waals surface area (Å²) in [4.78, 5) is 2.15. The molecule has 0 amide bonds. The van der Waals surface area contributed by atoms with Crippen LogP contribution in [0.5, 0.6) is 0 Å². The Hall–Kier alpha value is -3.03. The highest BCUT2D eigenvalue weighted by Gasteiger charge is 2.22. The molecule has 0 aliphatic carbocycles. The zero-order valence-corrected chi connectivity index (χ0v) is 17.7. The summed E-state index contributed by atoms with van der Waals surface area (Å²) >= 11 is 5.69. The van der Waals surface area contributed by atoms with Crippen LogP contribution in [0.25, 0.3) is 11.6 Å². The summed E-state index contributed by atoms with van der Waals surface area (Å²) in [5.41, 5.74) is 2.11. The summed E-state index contributed by atoms with van der Waals surface area (Å²) in [6, 6.07) is 20.4. The van der Waals surface area contributed by atoms with Gasteiger partial charge in [0.05, 0.1) is 19.0 Å². The van der Waals surface area contributed by atoms with Gasteiger partial charge in [-0.15, -0.1) is 5.10 Å². The van der Waals surface area contributed by atoms with Gasteiger partial charge in [-0.3, -0.25) is 9.47 Å². The summed E-state index contributed by atoms with van der Waals surface area (Å²) in [7, 11) is 2.01. The Morgan fingerprint density at radius 3 is 2.37 bits per heavy atom. The molecule has 2 aromatic heterocycles. The molecule has 0 saturated carbocycles. The van der Waals surface area contributed by atoms with Crippen LogP contribution in [0.4, 0.5) is 4.39 Å². The highest BCUT2D eigenvalue weighted by Crippen LogP contribution is 2.28. The number of benzene rings is 2. The fraction of sp³-hybridized carbons (Fsp3) is 0.217. The van der Waals surface area contributed by atoms with E-state index in [1.807, 2.05) is 61.0 Å². The van der Waals surface area contributed by atoms with Crippen molar-refractivity contribution in [3.63, 3.8) is 0 Å². The Labute approximate surface area is 180 Å². The molecule has 30 heavy (non-hydrogen) atoms. The first-order valence-corrected chi connectivity index (χ1v) is 10.2. The van der Waals surface area contributed by atoms with Gasteiger partial charge >= 0.3 is 0 Å². The van der Waals surface area contributed by atoms with Gasteiger partial charge < -0.3 is 4.42 Å². The van der Waals surface area contributed by atoms with Crippen molar-refractivity contribution in [1.82, 2.24) is 19.2 Å². The Kier molecular flexibility index (Phi) is 5.92. The molecule has 0 N–H and O–H groups in total. The number of rotatable bonds is 7. The Morgan fingerprint density at radius 1 is 1.03 bits per heavy atom. The zero-order chi connectivity index (χ0) is 21.1. The van der Waals surface area contributed by atoms with Crippen LogP contribution >= 0.6 is 12.2 Å². The molecule has 0 aliphatic rings. The number of aromatic nitrogens is 3. The molecule has 2 aromatic carbocycles. The van der Waals surface area contributed by atoms with Gasteiger partial charge in [-0.2, -0.15) is 0 Å².